The summed E-state index contributed by atoms with van der Waals surface area (Å²) in [5.74, 6) is 0.148. The highest BCUT2D eigenvalue weighted by atomic mass is 32.2. The molecule has 8 nitrogen and oxygen atoms in total. The lowest BCUT2D eigenvalue weighted by molar-refractivity contribution is -0.116. The number of amides is 1. The van der Waals surface area contributed by atoms with Crippen LogP contribution in [0.1, 0.15) is 5.76 Å². The van der Waals surface area contributed by atoms with E-state index >= 15 is 0 Å². The van der Waals surface area contributed by atoms with Crippen molar-refractivity contribution >= 4 is 21.7 Å². The van der Waals surface area contributed by atoms with Crippen LogP contribution in [0.15, 0.2) is 10.6 Å². The van der Waals surface area contributed by atoms with Gasteiger partial charge < -0.3 is 14.6 Å². The van der Waals surface area contributed by atoms with Gasteiger partial charge in [0, 0.05) is 20.2 Å². The molecule has 0 fully saturated rings. The van der Waals surface area contributed by atoms with Crippen LogP contribution in [-0.2, 0) is 19.6 Å². The van der Waals surface area contributed by atoms with E-state index in [1.165, 1.54) is 20.2 Å². The number of anilines is 1. The van der Waals surface area contributed by atoms with E-state index < -0.39 is 15.9 Å². The Morgan fingerprint density at radius 2 is 2.26 bits per heavy atom. The van der Waals surface area contributed by atoms with Crippen molar-refractivity contribution in [3.05, 3.63) is 11.8 Å². The van der Waals surface area contributed by atoms with Crippen LogP contribution in [0, 0.1) is 6.92 Å². The second-order valence-electron chi connectivity index (χ2n) is 3.94. The lowest BCUT2D eigenvalue weighted by atomic mass is 10.5. The minimum Gasteiger partial charge on any atom is -0.384 e. The molecular weight excluding hydrogens is 274 g/mol. The van der Waals surface area contributed by atoms with Crippen molar-refractivity contribution in [2.24, 2.45) is 0 Å². The van der Waals surface area contributed by atoms with Gasteiger partial charge in [-0.05, 0) is 6.92 Å². The number of ether oxygens (including phenoxy) is 1. The summed E-state index contributed by atoms with van der Waals surface area (Å²) in [6.45, 7) is 1.47. The summed E-state index contributed by atoms with van der Waals surface area (Å²) in [4.78, 5) is 11.6. The number of likely N-dealkylation sites (N-methyl/N-ethyl adjacent to an activating group) is 1. The van der Waals surface area contributed by atoms with Gasteiger partial charge in [0.15, 0.2) is 5.82 Å². The van der Waals surface area contributed by atoms with Gasteiger partial charge in [0.05, 0.1) is 18.9 Å². The molecule has 0 saturated carbocycles. The zero-order valence-electron chi connectivity index (χ0n) is 11.0. The van der Waals surface area contributed by atoms with Gasteiger partial charge >= 0.3 is 0 Å². The molecule has 0 bridgehead atoms. The number of aryl methyl sites for hydroxylation is 1. The Balaban J connectivity index is 2.52. The van der Waals surface area contributed by atoms with Crippen molar-refractivity contribution in [3.63, 3.8) is 0 Å². The first-order valence-electron chi connectivity index (χ1n) is 5.51. The molecule has 1 rings (SSSR count). The summed E-state index contributed by atoms with van der Waals surface area (Å²) in [6, 6.07) is 1.54. The van der Waals surface area contributed by atoms with E-state index in [-0.39, 0.29) is 24.7 Å². The first-order valence-corrected chi connectivity index (χ1v) is 7.12. The number of aromatic nitrogens is 1. The second kappa shape index (κ2) is 6.64. The summed E-state index contributed by atoms with van der Waals surface area (Å²) in [7, 11) is -0.757. The predicted molar refractivity (Wildman–Crippen MR) is 68.2 cm³/mol. The van der Waals surface area contributed by atoms with E-state index in [0.717, 1.165) is 4.31 Å². The maximum atomic E-state index is 11.7. The maximum absolute atomic E-state index is 11.7. The zero-order valence-corrected chi connectivity index (χ0v) is 11.9. The molecule has 0 unspecified atom stereocenters. The van der Waals surface area contributed by atoms with Crippen molar-refractivity contribution < 1.29 is 22.5 Å². The molecule has 108 valence electrons. The number of methoxy groups -OCH3 is 1. The topological polar surface area (TPSA) is 102 Å². The summed E-state index contributed by atoms with van der Waals surface area (Å²) in [5, 5.41) is 6.02. The maximum Gasteiger partial charge on any atom is 0.240 e. The van der Waals surface area contributed by atoms with E-state index in [4.69, 9.17) is 9.26 Å². The third-order valence-corrected chi connectivity index (χ3v) is 4.04. The molecule has 19 heavy (non-hydrogen) atoms. The van der Waals surface area contributed by atoms with Crippen molar-refractivity contribution in [2.45, 2.75) is 6.92 Å². The van der Waals surface area contributed by atoms with Crippen molar-refractivity contribution in [1.29, 1.82) is 0 Å². The first-order chi connectivity index (χ1) is 8.85. The Morgan fingerprint density at radius 3 is 2.79 bits per heavy atom. The summed E-state index contributed by atoms with van der Waals surface area (Å²) in [5.41, 5.74) is 0. The van der Waals surface area contributed by atoms with Gasteiger partial charge in [-0.15, -0.1) is 0 Å². The Bertz CT molecular complexity index is 525. The van der Waals surface area contributed by atoms with Gasteiger partial charge in [0.1, 0.15) is 5.76 Å². The predicted octanol–water partition coefficient (Wildman–Crippen LogP) is -0.170. The fourth-order valence-electron chi connectivity index (χ4n) is 1.25. The van der Waals surface area contributed by atoms with Crippen molar-refractivity contribution in [1.82, 2.24) is 9.46 Å². The average molecular weight is 291 g/mol. The van der Waals surface area contributed by atoms with Crippen LogP contribution in [0.25, 0.3) is 0 Å². The molecule has 0 aromatic carbocycles. The molecule has 0 saturated heterocycles. The van der Waals surface area contributed by atoms with E-state index in [1.807, 2.05) is 0 Å². The normalized spacial score (nSPS) is 11.8. The largest absolute Gasteiger partial charge is 0.384 e. The molecule has 0 atom stereocenters. The SMILES string of the molecule is COCCS(=O)(=O)N(C)CC(=O)Nc1cc(C)on1. The monoisotopic (exact) mass is 291 g/mol. The molecule has 0 radical (unpaired) electrons. The van der Waals surface area contributed by atoms with E-state index in [1.54, 1.807) is 6.92 Å². The van der Waals surface area contributed by atoms with Gasteiger partial charge in [-0.25, -0.2) is 8.42 Å². The highest BCUT2D eigenvalue weighted by molar-refractivity contribution is 7.89. The lowest BCUT2D eigenvalue weighted by Gasteiger charge is -2.15. The van der Waals surface area contributed by atoms with Gasteiger partial charge in [-0.2, -0.15) is 4.31 Å². The highest BCUT2D eigenvalue weighted by Crippen LogP contribution is 2.07. The molecule has 0 spiro atoms. The first kappa shape index (κ1) is 15.6. The molecule has 0 aliphatic rings. The van der Waals surface area contributed by atoms with Crippen LogP contribution in [0.5, 0.6) is 0 Å². The van der Waals surface area contributed by atoms with E-state index in [9.17, 15) is 13.2 Å². The van der Waals surface area contributed by atoms with Crippen LogP contribution in [0.2, 0.25) is 0 Å². The number of hydrogen-bond acceptors (Lipinski definition) is 6. The highest BCUT2D eigenvalue weighted by Gasteiger charge is 2.20. The molecular formula is C10H17N3O5S. The molecule has 0 aliphatic heterocycles. The standard InChI is InChI=1S/C10H17N3O5S/c1-8-6-9(12-18-8)11-10(14)7-13(2)19(15,16)5-4-17-3/h6H,4-5,7H2,1-3H3,(H,11,12,14). The minimum atomic E-state index is -3.50. The van der Waals surface area contributed by atoms with Gasteiger partial charge in [0.25, 0.3) is 0 Å². The molecule has 1 heterocycles. The summed E-state index contributed by atoms with van der Waals surface area (Å²) >= 11 is 0. The quantitative estimate of drug-likeness (QED) is 0.748. The summed E-state index contributed by atoms with van der Waals surface area (Å²) < 4.78 is 33.9. The fraction of sp³-hybridized carbons (Fsp3) is 0.600. The zero-order chi connectivity index (χ0) is 14.5. The smallest absolute Gasteiger partial charge is 0.240 e. The number of sulfonamides is 1. The van der Waals surface area contributed by atoms with Crippen molar-refractivity contribution in [3.8, 4) is 0 Å². The number of carbonyl (C=O) groups excluding carboxylic acids is 1. The fourth-order valence-corrected chi connectivity index (χ4v) is 2.26. The van der Waals surface area contributed by atoms with Crippen LogP contribution >= 0.6 is 0 Å². The van der Waals surface area contributed by atoms with Crippen LogP contribution < -0.4 is 5.32 Å². The van der Waals surface area contributed by atoms with Gasteiger partial charge in [-0.3, -0.25) is 4.79 Å². The Kier molecular flexibility index (Phi) is 5.45. The van der Waals surface area contributed by atoms with Crippen LogP contribution in [0.4, 0.5) is 5.82 Å². The Labute approximate surface area is 111 Å². The van der Waals surface area contributed by atoms with Crippen LogP contribution in [0.3, 0.4) is 0 Å². The minimum absolute atomic E-state index is 0.0801. The molecule has 0 aliphatic carbocycles. The van der Waals surface area contributed by atoms with Gasteiger partial charge in [0.2, 0.25) is 15.9 Å². The number of hydrogen-bond donors (Lipinski definition) is 1. The Morgan fingerprint density at radius 1 is 1.58 bits per heavy atom. The molecule has 1 N–H and O–H groups in total. The third-order valence-electron chi connectivity index (χ3n) is 2.28. The van der Waals surface area contributed by atoms with E-state index in [2.05, 4.69) is 10.5 Å². The lowest BCUT2D eigenvalue weighted by Crippen LogP contribution is -2.37. The Hall–Kier alpha value is -1.45. The van der Waals surface area contributed by atoms with Gasteiger partial charge in [-0.1, -0.05) is 5.16 Å². The number of rotatable bonds is 7. The molecule has 9 heteroatoms. The van der Waals surface area contributed by atoms with Crippen molar-refractivity contribution in [2.75, 3.05) is 38.4 Å². The average Bonchev–Trinajstić information content (AvgIpc) is 2.71. The number of nitrogens with one attached hydrogen (secondary N) is 1. The molecule has 1 aromatic heterocycles. The van der Waals surface area contributed by atoms with Crippen LogP contribution in [-0.4, -0.2) is 56.8 Å². The molecule has 1 aromatic rings. The summed E-state index contributed by atoms with van der Waals surface area (Å²) in [6.07, 6.45) is 0. The second-order valence-corrected chi connectivity index (χ2v) is 6.13. The molecule has 1 amide bonds. The third kappa shape index (κ3) is 4.97. The number of carbonyl (C=O) groups is 1. The van der Waals surface area contributed by atoms with E-state index in [0.29, 0.717) is 5.76 Å². The number of nitrogens with zero attached hydrogens (tertiary/aromatic N) is 2.